The first-order valence-electron chi connectivity index (χ1n) is 6.29. The van der Waals surface area contributed by atoms with Gasteiger partial charge in [-0.2, -0.15) is 0 Å². The Morgan fingerprint density at radius 2 is 2.29 bits per heavy atom. The van der Waals surface area contributed by atoms with E-state index in [0.717, 1.165) is 12.8 Å². The fraction of sp³-hybridized carbons (Fsp3) is 0.533. The third kappa shape index (κ3) is 1.36. The van der Waals surface area contributed by atoms with Crippen molar-refractivity contribution in [2.24, 2.45) is 17.3 Å². The predicted molar refractivity (Wildman–Crippen MR) is 66.2 cm³/mol. The van der Waals surface area contributed by atoms with Crippen LogP contribution < -0.4 is 0 Å². The number of ether oxygens (including phenoxy) is 1. The number of carbonyl (C=O) groups is 1. The van der Waals surface area contributed by atoms with Gasteiger partial charge in [0.2, 0.25) is 0 Å². The number of esters is 1. The highest BCUT2D eigenvalue weighted by Gasteiger charge is 2.53. The van der Waals surface area contributed by atoms with Crippen molar-refractivity contribution in [3.05, 3.63) is 36.0 Å². The lowest BCUT2D eigenvalue weighted by atomic mass is 9.58. The van der Waals surface area contributed by atoms with Gasteiger partial charge in [-0.25, -0.2) is 4.79 Å². The average Bonchev–Trinajstić information content (AvgIpc) is 2.54. The highest BCUT2D eigenvalue weighted by atomic mass is 16.6. The van der Waals surface area contributed by atoms with Gasteiger partial charge in [-0.05, 0) is 25.2 Å². The van der Waals surface area contributed by atoms with Crippen LogP contribution in [-0.4, -0.2) is 12.1 Å². The molecular formula is C15H18O2. The zero-order valence-electron chi connectivity index (χ0n) is 10.4. The van der Waals surface area contributed by atoms with Gasteiger partial charge in [0.1, 0.15) is 6.10 Å². The highest BCUT2D eigenvalue weighted by molar-refractivity contribution is 5.91. The van der Waals surface area contributed by atoms with Crippen molar-refractivity contribution in [3.8, 4) is 0 Å². The van der Waals surface area contributed by atoms with Crippen LogP contribution in [0.5, 0.6) is 0 Å². The monoisotopic (exact) mass is 230 g/mol. The summed E-state index contributed by atoms with van der Waals surface area (Å²) in [6.07, 6.45) is 8.68. The number of hydrogen-bond acceptors (Lipinski definition) is 2. The van der Waals surface area contributed by atoms with Gasteiger partial charge in [0.05, 0.1) is 0 Å². The van der Waals surface area contributed by atoms with Gasteiger partial charge in [-0.15, -0.1) is 0 Å². The molecule has 2 aliphatic carbocycles. The Hall–Kier alpha value is -1.31. The Labute approximate surface area is 102 Å². The zero-order chi connectivity index (χ0) is 12.2. The van der Waals surface area contributed by atoms with Gasteiger partial charge in [0, 0.05) is 17.4 Å². The summed E-state index contributed by atoms with van der Waals surface area (Å²) in [4.78, 5) is 11.7. The number of carbonyl (C=O) groups excluding carboxylic acids is 1. The Bertz CT molecular complexity index is 458. The second-order valence-corrected chi connectivity index (χ2v) is 5.79. The maximum Gasteiger partial charge on any atom is 0.334 e. The number of rotatable bonds is 0. The van der Waals surface area contributed by atoms with Crippen molar-refractivity contribution in [3.63, 3.8) is 0 Å². The molecule has 0 aromatic rings. The summed E-state index contributed by atoms with van der Waals surface area (Å²) < 4.78 is 5.57. The van der Waals surface area contributed by atoms with Crippen LogP contribution in [0, 0.1) is 17.3 Å². The molecule has 1 heterocycles. The van der Waals surface area contributed by atoms with E-state index in [4.69, 9.17) is 4.74 Å². The molecule has 2 fully saturated rings. The standard InChI is InChI=1S/C15H18O2/c1-9-5-4-7-15(3)8-6-11-10(2)14(16)17-13(11)12(9)15/h4-5,7,11-13H,2,6,8H2,1,3H3. The molecule has 2 nitrogen and oxygen atoms in total. The Morgan fingerprint density at radius 1 is 1.53 bits per heavy atom. The van der Waals surface area contributed by atoms with E-state index in [2.05, 4.69) is 38.7 Å². The van der Waals surface area contributed by atoms with Crippen LogP contribution in [0.1, 0.15) is 26.7 Å². The molecule has 90 valence electrons. The quantitative estimate of drug-likeness (QED) is 0.472. The molecule has 0 bridgehead atoms. The number of fused-ring (bicyclic) bond motifs is 3. The van der Waals surface area contributed by atoms with E-state index in [0.29, 0.717) is 11.5 Å². The maximum atomic E-state index is 11.7. The lowest BCUT2D eigenvalue weighted by molar-refractivity contribution is -0.143. The van der Waals surface area contributed by atoms with Crippen molar-refractivity contribution in [2.75, 3.05) is 0 Å². The molecule has 4 atom stereocenters. The van der Waals surface area contributed by atoms with Crippen LogP contribution in [0.2, 0.25) is 0 Å². The first kappa shape index (κ1) is 10.8. The lowest BCUT2D eigenvalue weighted by Gasteiger charge is -2.46. The Morgan fingerprint density at radius 3 is 3.06 bits per heavy atom. The molecule has 4 unspecified atom stereocenters. The van der Waals surface area contributed by atoms with E-state index < -0.39 is 0 Å². The van der Waals surface area contributed by atoms with Crippen LogP contribution in [0.25, 0.3) is 0 Å². The fourth-order valence-electron chi connectivity index (χ4n) is 3.76. The first-order chi connectivity index (χ1) is 8.03. The number of hydrogen-bond donors (Lipinski definition) is 0. The number of allylic oxidation sites excluding steroid dienone is 3. The molecule has 0 radical (unpaired) electrons. The first-order valence-corrected chi connectivity index (χ1v) is 6.29. The SMILES string of the molecule is C=C1C(=O)OC2C1CCC1(C)C=CC=C(C)C21. The zero-order valence-corrected chi connectivity index (χ0v) is 10.4. The fourth-order valence-corrected chi connectivity index (χ4v) is 3.76. The van der Waals surface area contributed by atoms with Crippen molar-refractivity contribution in [1.29, 1.82) is 0 Å². The van der Waals surface area contributed by atoms with Crippen LogP contribution in [-0.2, 0) is 9.53 Å². The molecule has 3 aliphatic rings. The van der Waals surface area contributed by atoms with Gasteiger partial charge >= 0.3 is 5.97 Å². The lowest BCUT2D eigenvalue weighted by Crippen LogP contribution is -2.44. The summed E-state index contributed by atoms with van der Waals surface area (Å²) in [7, 11) is 0. The van der Waals surface area contributed by atoms with Gasteiger partial charge in [0.15, 0.2) is 0 Å². The van der Waals surface area contributed by atoms with Crippen LogP contribution in [0.3, 0.4) is 0 Å². The third-order valence-electron chi connectivity index (χ3n) is 4.71. The van der Waals surface area contributed by atoms with E-state index in [1.807, 2.05) is 0 Å². The maximum absolute atomic E-state index is 11.7. The van der Waals surface area contributed by atoms with Crippen LogP contribution >= 0.6 is 0 Å². The van der Waals surface area contributed by atoms with E-state index in [9.17, 15) is 4.79 Å². The summed E-state index contributed by atoms with van der Waals surface area (Å²) in [5.74, 6) is 0.372. The Balaban J connectivity index is 2.02. The van der Waals surface area contributed by atoms with E-state index in [1.54, 1.807) is 0 Å². The summed E-state index contributed by atoms with van der Waals surface area (Å²) >= 11 is 0. The molecule has 0 amide bonds. The second kappa shape index (κ2) is 3.34. The smallest absolute Gasteiger partial charge is 0.334 e. The van der Waals surface area contributed by atoms with Crippen molar-refractivity contribution in [2.45, 2.75) is 32.8 Å². The van der Waals surface area contributed by atoms with Crippen molar-refractivity contribution >= 4 is 5.97 Å². The summed E-state index contributed by atoms with van der Waals surface area (Å²) in [5.41, 5.74) is 2.15. The van der Waals surface area contributed by atoms with Crippen molar-refractivity contribution in [1.82, 2.24) is 0 Å². The molecular weight excluding hydrogens is 212 g/mol. The normalized spacial score (nSPS) is 43.9. The third-order valence-corrected chi connectivity index (χ3v) is 4.71. The molecule has 0 aromatic heterocycles. The Kier molecular flexibility index (Phi) is 2.13. The average molecular weight is 230 g/mol. The van der Waals surface area contributed by atoms with Crippen LogP contribution in [0.15, 0.2) is 36.0 Å². The highest BCUT2D eigenvalue weighted by Crippen LogP contribution is 2.54. The summed E-state index contributed by atoms with van der Waals surface area (Å²) in [6, 6.07) is 0. The van der Waals surface area contributed by atoms with Gasteiger partial charge in [-0.3, -0.25) is 0 Å². The van der Waals surface area contributed by atoms with E-state index in [-0.39, 0.29) is 23.4 Å². The minimum Gasteiger partial charge on any atom is -0.458 e. The molecule has 0 aromatic carbocycles. The van der Waals surface area contributed by atoms with E-state index >= 15 is 0 Å². The molecule has 1 aliphatic heterocycles. The molecule has 1 saturated carbocycles. The molecule has 3 rings (SSSR count). The molecule has 17 heavy (non-hydrogen) atoms. The van der Waals surface area contributed by atoms with Gasteiger partial charge < -0.3 is 4.74 Å². The molecule has 0 N–H and O–H groups in total. The second-order valence-electron chi connectivity index (χ2n) is 5.79. The van der Waals surface area contributed by atoms with Gasteiger partial charge in [-0.1, -0.05) is 37.3 Å². The van der Waals surface area contributed by atoms with E-state index in [1.165, 1.54) is 5.57 Å². The largest absolute Gasteiger partial charge is 0.458 e. The van der Waals surface area contributed by atoms with Gasteiger partial charge in [0.25, 0.3) is 0 Å². The molecule has 2 heteroatoms. The minimum absolute atomic E-state index is 0.00921. The summed E-state index contributed by atoms with van der Waals surface area (Å²) in [6.45, 7) is 8.31. The van der Waals surface area contributed by atoms with Crippen LogP contribution in [0.4, 0.5) is 0 Å². The topological polar surface area (TPSA) is 26.3 Å². The molecule has 0 spiro atoms. The minimum atomic E-state index is -0.188. The predicted octanol–water partition coefficient (Wildman–Crippen LogP) is 3.02. The van der Waals surface area contributed by atoms with Crippen molar-refractivity contribution < 1.29 is 9.53 Å². The summed E-state index contributed by atoms with van der Waals surface area (Å²) in [5, 5.41) is 0. The molecule has 1 saturated heterocycles.